The maximum Gasteiger partial charge on any atom is 0.313 e. The van der Waals surface area contributed by atoms with Crippen LogP contribution in [0.1, 0.15) is 20.3 Å². The lowest BCUT2D eigenvalue weighted by molar-refractivity contribution is -0.133. The highest BCUT2D eigenvalue weighted by atomic mass is 32.2. The van der Waals surface area contributed by atoms with E-state index in [2.05, 4.69) is 0 Å². The number of aliphatic carboxylic acids is 1. The normalized spacial score (nSPS) is 12.2. The third-order valence-electron chi connectivity index (χ3n) is 2.10. The van der Waals surface area contributed by atoms with Crippen molar-refractivity contribution < 1.29 is 14.7 Å². The molecule has 0 aromatic rings. The van der Waals surface area contributed by atoms with Crippen molar-refractivity contribution in [3.63, 3.8) is 0 Å². The fraction of sp³-hybridized carbons (Fsp3) is 0.778. The van der Waals surface area contributed by atoms with Crippen molar-refractivity contribution in [3.8, 4) is 0 Å². The number of amides is 1. The van der Waals surface area contributed by atoms with E-state index in [-0.39, 0.29) is 23.5 Å². The smallest absolute Gasteiger partial charge is 0.313 e. The molecule has 1 N–H and O–H groups in total. The zero-order valence-corrected chi connectivity index (χ0v) is 9.63. The average Bonchev–Trinajstić information content (AvgIpc) is 2.14. The first-order valence-corrected chi connectivity index (χ1v) is 5.69. The third kappa shape index (κ3) is 5.11. The van der Waals surface area contributed by atoms with Crippen LogP contribution in [-0.4, -0.2) is 46.5 Å². The molecule has 0 aliphatic heterocycles. The van der Waals surface area contributed by atoms with Gasteiger partial charge in [0.1, 0.15) is 0 Å². The van der Waals surface area contributed by atoms with E-state index in [1.165, 1.54) is 0 Å². The highest BCUT2D eigenvalue weighted by molar-refractivity contribution is 8.00. The van der Waals surface area contributed by atoms with Gasteiger partial charge in [0.2, 0.25) is 5.91 Å². The maximum atomic E-state index is 11.4. The highest BCUT2D eigenvalue weighted by Gasteiger charge is 2.14. The molecule has 0 radical (unpaired) electrons. The fourth-order valence-corrected chi connectivity index (χ4v) is 1.50. The van der Waals surface area contributed by atoms with Crippen LogP contribution in [0.25, 0.3) is 0 Å². The molecular weight excluding hydrogens is 202 g/mol. The van der Waals surface area contributed by atoms with Gasteiger partial charge in [0, 0.05) is 13.1 Å². The molecule has 0 bridgehead atoms. The largest absolute Gasteiger partial charge is 0.481 e. The van der Waals surface area contributed by atoms with Gasteiger partial charge in [0.15, 0.2) is 0 Å². The van der Waals surface area contributed by atoms with Crippen LogP contribution in [0.3, 0.4) is 0 Å². The summed E-state index contributed by atoms with van der Waals surface area (Å²) in [6, 6.07) is 0.216. The molecule has 0 rings (SSSR count). The number of nitrogens with zero attached hydrogens (tertiary/aromatic N) is 1. The number of hydrogen-bond donors (Lipinski definition) is 1. The summed E-state index contributed by atoms with van der Waals surface area (Å²) < 4.78 is 0. The van der Waals surface area contributed by atoms with Crippen LogP contribution < -0.4 is 0 Å². The van der Waals surface area contributed by atoms with Crippen molar-refractivity contribution in [2.45, 2.75) is 26.3 Å². The Kier molecular flexibility index (Phi) is 6.36. The van der Waals surface area contributed by atoms with E-state index < -0.39 is 5.97 Å². The summed E-state index contributed by atoms with van der Waals surface area (Å²) in [4.78, 5) is 23.3. The number of thioether (sulfide) groups is 1. The topological polar surface area (TPSA) is 57.6 Å². The minimum absolute atomic E-state index is 0.00870. The van der Waals surface area contributed by atoms with E-state index >= 15 is 0 Å². The highest BCUT2D eigenvalue weighted by Crippen LogP contribution is 2.05. The van der Waals surface area contributed by atoms with Gasteiger partial charge in [0.05, 0.1) is 11.5 Å². The van der Waals surface area contributed by atoms with Crippen LogP contribution in [0.15, 0.2) is 0 Å². The fourth-order valence-electron chi connectivity index (χ4n) is 0.847. The Hall–Kier alpha value is -0.710. The Labute approximate surface area is 88.7 Å². The maximum absolute atomic E-state index is 11.4. The average molecular weight is 219 g/mol. The first-order chi connectivity index (χ1) is 6.49. The summed E-state index contributed by atoms with van der Waals surface area (Å²) in [5, 5.41) is 8.37. The molecule has 0 spiro atoms. The second kappa shape index (κ2) is 6.70. The molecule has 0 fully saturated rings. The number of carbonyl (C=O) groups excluding carboxylic acids is 1. The van der Waals surface area contributed by atoms with E-state index in [9.17, 15) is 9.59 Å². The monoisotopic (exact) mass is 219 g/mol. The lowest BCUT2D eigenvalue weighted by Gasteiger charge is -2.23. The Morgan fingerprint density at radius 1 is 1.43 bits per heavy atom. The van der Waals surface area contributed by atoms with Crippen LogP contribution in [-0.2, 0) is 9.59 Å². The molecule has 5 heteroatoms. The quantitative estimate of drug-likeness (QED) is 0.725. The molecule has 1 unspecified atom stereocenters. The molecule has 0 aliphatic carbocycles. The third-order valence-corrected chi connectivity index (χ3v) is 3.00. The lowest BCUT2D eigenvalue weighted by atomic mass is 10.2. The van der Waals surface area contributed by atoms with Crippen molar-refractivity contribution in [1.29, 1.82) is 0 Å². The number of carbonyl (C=O) groups is 2. The first-order valence-electron chi connectivity index (χ1n) is 4.54. The molecule has 1 amide bonds. The molecule has 4 nitrogen and oxygen atoms in total. The number of carboxylic acid groups (broad SMARTS) is 1. The summed E-state index contributed by atoms with van der Waals surface area (Å²) in [7, 11) is 1.75. The van der Waals surface area contributed by atoms with Crippen molar-refractivity contribution in [2.24, 2.45) is 0 Å². The molecule has 82 valence electrons. The van der Waals surface area contributed by atoms with E-state index in [0.717, 1.165) is 18.2 Å². The molecule has 1 atom stereocenters. The van der Waals surface area contributed by atoms with Crippen molar-refractivity contribution >= 4 is 23.6 Å². The lowest BCUT2D eigenvalue weighted by Crippen LogP contribution is -2.35. The van der Waals surface area contributed by atoms with E-state index in [1.807, 2.05) is 13.8 Å². The minimum atomic E-state index is -0.881. The summed E-state index contributed by atoms with van der Waals surface area (Å²) in [5.74, 6) is -0.660. The van der Waals surface area contributed by atoms with Crippen LogP contribution in [0.2, 0.25) is 0 Å². The summed E-state index contributed by atoms with van der Waals surface area (Å²) in [6.45, 7) is 3.98. The van der Waals surface area contributed by atoms with Gasteiger partial charge < -0.3 is 10.0 Å². The Bertz CT molecular complexity index is 208. The van der Waals surface area contributed by atoms with Crippen LogP contribution >= 0.6 is 11.8 Å². The van der Waals surface area contributed by atoms with Gasteiger partial charge >= 0.3 is 5.97 Å². The summed E-state index contributed by atoms with van der Waals surface area (Å²) in [6.07, 6.45) is 0.909. The van der Waals surface area contributed by atoms with Gasteiger partial charge in [0.25, 0.3) is 0 Å². The molecule has 14 heavy (non-hydrogen) atoms. The van der Waals surface area contributed by atoms with Gasteiger partial charge in [-0.1, -0.05) is 6.92 Å². The predicted molar refractivity (Wildman–Crippen MR) is 57.5 cm³/mol. The van der Waals surface area contributed by atoms with Crippen molar-refractivity contribution in [3.05, 3.63) is 0 Å². The number of carboxylic acids is 1. The molecule has 0 saturated carbocycles. The predicted octanol–water partition coefficient (Wildman–Crippen LogP) is 1.06. The molecule has 0 aromatic carbocycles. The van der Waals surface area contributed by atoms with Crippen LogP contribution in [0.5, 0.6) is 0 Å². The molecular formula is C9H17NO3S. The number of hydrogen-bond acceptors (Lipinski definition) is 3. The zero-order valence-electron chi connectivity index (χ0n) is 8.82. The summed E-state index contributed by atoms with van der Waals surface area (Å²) >= 11 is 1.13. The second-order valence-corrected chi connectivity index (χ2v) is 4.13. The van der Waals surface area contributed by atoms with Gasteiger partial charge in [-0.15, -0.1) is 11.8 Å². The van der Waals surface area contributed by atoms with Gasteiger partial charge in [-0.3, -0.25) is 9.59 Å². The van der Waals surface area contributed by atoms with Crippen LogP contribution in [0.4, 0.5) is 0 Å². The van der Waals surface area contributed by atoms with Crippen LogP contribution in [0, 0.1) is 0 Å². The Morgan fingerprint density at radius 3 is 2.43 bits per heavy atom. The van der Waals surface area contributed by atoms with Gasteiger partial charge in [-0.2, -0.15) is 0 Å². The summed E-state index contributed by atoms with van der Waals surface area (Å²) in [5.41, 5.74) is 0. The van der Waals surface area contributed by atoms with Crippen molar-refractivity contribution in [2.75, 3.05) is 18.6 Å². The van der Waals surface area contributed by atoms with E-state index in [0.29, 0.717) is 0 Å². The molecule has 0 aliphatic rings. The Balaban J connectivity index is 3.78. The SMILES string of the molecule is CCC(C)N(C)C(=O)CSCC(=O)O. The molecule has 0 aromatic heterocycles. The van der Waals surface area contributed by atoms with E-state index in [4.69, 9.17) is 5.11 Å². The van der Waals surface area contributed by atoms with Crippen molar-refractivity contribution in [1.82, 2.24) is 4.90 Å². The Morgan fingerprint density at radius 2 is 2.00 bits per heavy atom. The second-order valence-electron chi connectivity index (χ2n) is 3.15. The first kappa shape index (κ1) is 13.3. The number of rotatable bonds is 6. The van der Waals surface area contributed by atoms with Gasteiger partial charge in [-0.05, 0) is 13.3 Å². The molecule has 0 saturated heterocycles. The minimum Gasteiger partial charge on any atom is -0.481 e. The van der Waals surface area contributed by atoms with E-state index in [1.54, 1.807) is 11.9 Å². The molecule has 0 heterocycles. The zero-order chi connectivity index (χ0) is 11.1. The van der Waals surface area contributed by atoms with Gasteiger partial charge in [-0.25, -0.2) is 0 Å². The standard InChI is InChI=1S/C9H17NO3S/c1-4-7(2)10(3)8(11)5-14-6-9(12)13/h7H,4-6H2,1-3H3,(H,12,13).